The smallest absolute Gasteiger partial charge is 0.299 e. The van der Waals surface area contributed by atoms with Gasteiger partial charge in [-0.15, -0.1) is 0 Å². The lowest BCUT2D eigenvalue weighted by Crippen LogP contribution is -2.31. The van der Waals surface area contributed by atoms with Crippen molar-refractivity contribution in [1.82, 2.24) is 15.1 Å². The molecule has 1 aliphatic heterocycles. The number of nitrogens with zero attached hydrogens (tertiary/aromatic N) is 2. The molecule has 1 amide bonds. The van der Waals surface area contributed by atoms with Gasteiger partial charge in [0, 0.05) is 24.4 Å². The molecule has 1 atom stereocenters. The lowest BCUT2D eigenvalue weighted by molar-refractivity contribution is 0.0858. The van der Waals surface area contributed by atoms with Crippen LogP contribution in [0.25, 0.3) is 5.69 Å². The van der Waals surface area contributed by atoms with Crippen molar-refractivity contribution in [2.24, 2.45) is 0 Å². The third-order valence-electron chi connectivity index (χ3n) is 5.90. The zero-order valence-electron chi connectivity index (χ0n) is 19.9. The highest BCUT2D eigenvalue weighted by molar-refractivity contribution is 6.32. The van der Waals surface area contributed by atoms with Crippen LogP contribution in [0.1, 0.15) is 23.2 Å². The van der Waals surface area contributed by atoms with Gasteiger partial charge in [-0.1, -0.05) is 48.0 Å². The number of benzene rings is 3. The number of aromatic nitrogens is 2. The third-order valence-corrected chi connectivity index (χ3v) is 6.22. The van der Waals surface area contributed by atoms with Crippen LogP contribution < -0.4 is 20.9 Å². The van der Waals surface area contributed by atoms with Gasteiger partial charge in [0.15, 0.2) is 11.4 Å². The van der Waals surface area contributed by atoms with Crippen LogP contribution in [-0.2, 0) is 4.74 Å². The largest absolute Gasteiger partial charge is 0.453 e. The molecule has 1 fully saturated rings. The van der Waals surface area contributed by atoms with E-state index in [1.165, 1.54) is 10.9 Å². The molecule has 0 aliphatic carbocycles. The van der Waals surface area contributed by atoms with Crippen LogP contribution in [0.3, 0.4) is 0 Å². The van der Waals surface area contributed by atoms with Crippen molar-refractivity contribution in [3.8, 4) is 17.2 Å². The van der Waals surface area contributed by atoms with Crippen LogP contribution in [-0.4, -0.2) is 34.9 Å². The fraction of sp³-hybridized carbons (Fsp3) is 0.179. The summed E-state index contributed by atoms with van der Waals surface area (Å²) < 4.78 is 12.8. The number of ether oxygens (including phenoxy) is 2. The molecular formula is C28H25ClN4O4. The number of carbonyl (C=O) groups is 1. The maximum absolute atomic E-state index is 13.6. The maximum Gasteiger partial charge on any atom is 0.299 e. The minimum Gasteiger partial charge on any atom is -0.453 e. The second-order valence-electron chi connectivity index (χ2n) is 8.52. The first-order valence-corrected chi connectivity index (χ1v) is 12.3. The molecule has 4 aromatic rings. The van der Waals surface area contributed by atoms with E-state index in [-0.39, 0.29) is 23.4 Å². The minimum atomic E-state index is -0.463. The maximum atomic E-state index is 13.6. The van der Waals surface area contributed by atoms with Gasteiger partial charge in [0.05, 0.1) is 23.0 Å². The Morgan fingerprint density at radius 2 is 1.89 bits per heavy atom. The van der Waals surface area contributed by atoms with Gasteiger partial charge in [0.1, 0.15) is 5.75 Å². The molecule has 1 aromatic heterocycles. The summed E-state index contributed by atoms with van der Waals surface area (Å²) in [6.07, 6.45) is 3.44. The van der Waals surface area contributed by atoms with Crippen molar-refractivity contribution in [2.45, 2.75) is 18.9 Å². The molecule has 8 nitrogen and oxygen atoms in total. The standard InChI is InChI=1S/C28H25ClN4O4/c29-23-13-4-5-14-24(23)33-28(35)26(25(18-31-33)37-21-10-2-1-3-11-21)32-20-9-6-8-19(16-20)27(34)30-17-22-12-7-15-36-22/h1-6,8-11,13-14,16,18,22,32H,7,12,15,17H2,(H,30,34). The number of anilines is 2. The molecule has 1 unspecified atom stereocenters. The van der Waals surface area contributed by atoms with Crippen LogP contribution in [0.2, 0.25) is 5.02 Å². The Morgan fingerprint density at radius 3 is 2.68 bits per heavy atom. The lowest BCUT2D eigenvalue weighted by atomic mass is 10.1. The minimum absolute atomic E-state index is 0.0445. The molecular weight excluding hydrogens is 492 g/mol. The molecule has 3 aromatic carbocycles. The number of nitrogens with one attached hydrogen (secondary N) is 2. The zero-order valence-corrected chi connectivity index (χ0v) is 20.6. The topological polar surface area (TPSA) is 94.5 Å². The molecule has 5 rings (SSSR count). The number of halogens is 1. The molecule has 1 aliphatic rings. The number of amides is 1. The average Bonchev–Trinajstić information content (AvgIpc) is 3.45. The number of para-hydroxylation sites is 2. The molecule has 188 valence electrons. The predicted octanol–water partition coefficient (Wildman–Crippen LogP) is 5.33. The van der Waals surface area contributed by atoms with Gasteiger partial charge in [-0.2, -0.15) is 9.78 Å². The van der Waals surface area contributed by atoms with Gasteiger partial charge < -0.3 is 20.1 Å². The van der Waals surface area contributed by atoms with Gasteiger partial charge in [-0.25, -0.2) is 0 Å². The van der Waals surface area contributed by atoms with Gasteiger partial charge in [-0.05, 0) is 55.3 Å². The van der Waals surface area contributed by atoms with Crippen LogP contribution in [0.15, 0.2) is 89.9 Å². The van der Waals surface area contributed by atoms with Gasteiger partial charge in [-0.3, -0.25) is 9.59 Å². The van der Waals surface area contributed by atoms with Crippen molar-refractivity contribution in [3.05, 3.63) is 106 Å². The first kappa shape index (κ1) is 24.5. The summed E-state index contributed by atoms with van der Waals surface area (Å²) in [5.41, 5.74) is 1.11. The van der Waals surface area contributed by atoms with E-state index in [0.29, 0.717) is 34.3 Å². The highest BCUT2D eigenvalue weighted by atomic mass is 35.5. The number of hydrogen-bond donors (Lipinski definition) is 2. The highest BCUT2D eigenvalue weighted by Crippen LogP contribution is 2.29. The van der Waals surface area contributed by atoms with E-state index in [1.54, 1.807) is 60.7 Å². The van der Waals surface area contributed by atoms with Crippen LogP contribution >= 0.6 is 11.6 Å². The Labute approximate surface area is 218 Å². The summed E-state index contributed by atoms with van der Waals surface area (Å²) in [5, 5.41) is 10.7. The highest BCUT2D eigenvalue weighted by Gasteiger charge is 2.19. The second kappa shape index (κ2) is 11.3. The van der Waals surface area contributed by atoms with E-state index in [2.05, 4.69) is 15.7 Å². The lowest BCUT2D eigenvalue weighted by Gasteiger charge is -2.15. The Bertz CT molecular complexity index is 1450. The molecule has 2 heterocycles. The molecule has 9 heteroatoms. The summed E-state index contributed by atoms with van der Waals surface area (Å²) in [4.78, 5) is 26.4. The molecule has 0 saturated carbocycles. The fourth-order valence-corrected chi connectivity index (χ4v) is 4.25. The van der Waals surface area contributed by atoms with E-state index in [9.17, 15) is 9.59 Å². The fourth-order valence-electron chi connectivity index (χ4n) is 4.04. The zero-order chi connectivity index (χ0) is 25.6. The average molecular weight is 517 g/mol. The van der Waals surface area contributed by atoms with Crippen molar-refractivity contribution < 1.29 is 14.3 Å². The van der Waals surface area contributed by atoms with E-state index in [1.807, 2.05) is 18.2 Å². The molecule has 0 radical (unpaired) electrons. The number of hydrogen-bond acceptors (Lipinski definition) is 6. The summed E-state index contributed by atoms with van der Waals surface area (Å²) in [6.45, 7) is 1.18. The molecule has 0 bridgehead atoms. The van der Waals surface area contributed by atoms with Gasteiger partial charge >= 0.3 is 0 Å². The third kappa shape index (κ3) is 5.82. The van der Waals surface area contributed by atoms with Crippen molar-refractivity contribution in [2.75, 3.05) is 18.5 Å². The summed E-state index contributed by atoms with van der Waals surface area (Å²) in [5.74, 6) is 0.556. The summed E-state index contributed by atoms with van der Waals surface area (Å²) in [7, 11) is 0. The Balaban J connectivity index is 1.46. The SMILES string of the molecule is O=C(NCC1CCCO1)c1cccc(Nc2c(Oc3ccccc3)cnn(-c3ccccc3Cl)c2=O)c1. The van der Waals surface area contributed by atoms with Crippen LogP contribution in [0, 0.1) is 0 Å². The molecule has 37 heavy (non-hydrogen) atoms. The van der Waals surface area contributed by atoms with E-state index >= 15 is 0 Å². The van der Waals surface area contributed by atoms with Crippen molar-refractivity contribution in [3.63, 3.8) is 0 Å². The monoisotopic (exact) mass is 516 g/mol. The Kier molecular flexibility index (Phi) is 7.49. The second-order valence-corrected chi connectivity index (χ2v) is 8.93. The normalized spacial score (nSPS) is 14.8. The first-order chi connectivity index (χ1) is 18.1. The predicted molar refractivity (Wildman–Crippen MR) is 142 cm³/mol. The number of carbonyl (C=O) groups excluding carboxylic acids is 1. The summed E-state index contributed by atoms with van der Waals surface area (Å²) in [6, 6.07) is 22.9. The molecule has 0 spiro atoms. The Morgan fingerprint density at radius 1 is 1.08 bits per heavy atom. The molecule has 2 N–H and O–H groups in total. The van der Waals surface area contributed by atoms with Crippen LogP contribution in [0.4, 0.5) is 11.4 Å². The van der Waals surface area contributed by atoms with Gasteiger partial charge in [0.2, 0.25) is 0 Å². The van der Waals surface area contributed by atoms with E-state index < -0.39 is 5.56 Å². The summed E-state index contributed by atoms with van der Waals surface area (Å²) >= 11 is 6.34. The van der Waals surface area contributed by atoms with Gasteiger partial charge in [0.25, 0.3) is 11.5 Å². The quantitative estimate of drug-likeness (QED) is 0.329. The Hall–Kier alpha value is -4.14. The van der Waals surface area contributed by atoms with Crippen molar-refractivity contribution >= 4 is 28.9 Å². The molecule has 1 saturated heterocycles. The first-order valence-electron chi connectivity index (χ1n) is 12.0. The number of rotatable bonds is 8. The van der Waals surface area contributed by atoms with E-state index in [4.69, 9.17) is 21.1 Å². The van der Waals surface area contributed by atoms with E-state index in [0.717, 1.165) is 19.4 Å². The van der Waals surface area contributed by atoms with Crippen LogP contribution in [0.5, 0.6) is 11.5 Å². The van der Waals surface area contributed by atoms with Crippen molar-refractivity contribution in [1.29, 1.82) is 0 Å².